The summed E-state index contributed by atoms with van der Waals surface area (Å²) in [5, 5.41) is 6.59. The Morgan fingerprint density at radius 1 is 1.17 bits per heavy atom. The molecular formula is C18H20N2O3S. The molecule has 1 amide bonds. The average Bonchev–Trinajstić information content (AvgIpc) is 2.63. The molecule has 0 heterocycles. The number of carbonyl (C=O) groups is 1. The van der Waals surface area contributed by atoms with Crippen molar-refractivity contribution in [2.24, 2.45) is 5.16 Å². The Labute approximate surface area is 146 Å². The van der Waals surface area contributed by atoms with Gasteiger partial charge >= 0.3 is 0 Å². The van der Waals surface area contributed by atoms with Crippen LogP contribution in [0.15, 0.2) is 64.6 Å². The maximum Gasteiger partial charge on any atom is 0.260 e. The minimum absolute atomic E-state index is 0.109. The molecule has 2 rings (SSSR count). The van der Waals surface area contributed by atoms with Gasteiger partial charge in [-0.25, -0.2) is 0 Å². The molecule has 2 aromatic rings. The zero-order valence-corrected chi connectivity index (χ0v) is 14.3. The molecule has 0 aliphatic heterocycles. The molecule has 0 aliphatic carbocycles. The van der Waals surface area contributed by atoms with Gasteiger partial charge in [-0.15, -0.1) is 11.8 Å². The van der Waals surface area contributed by atoms with E-state index in [0.29, 0.717) is 12.3 Å². The van der Waals surface area contributed by atoms with Gasteiger partial charge in [-0.1, -0.05) is 35.5 Å². The molecule has 2 aromatic carbocycles. The molecule has 0 aromatic heterocycles. The molecule has 1 N–H and O–H groups in total. The second-order valence-corrected chi connectivity index (χ2v) is 5.93. The van der Waals surface area contributed by atoms with E-state index in [0.717, 1.165) is 11.3 Å². The Morgan fingerprint density at radius 3 is 2.71 bits per heavy atom. The van der Waals surface area contributed by atoms with Crippen molar-refractivity contribution in [3.63, 3.8) is 0 Å². The molecule has 0 bridgehead atoms. The van der Waals surface area contributed by atoms with E-state index in [-0.39, 0.29) is 12.5 Å². The van der Waals surface area contributed by atoms with Crippen LogP contribution in [0, 0.1) is 0 Å². The topological polar surface area (TPSA) is 59.9 Å². The van der Waals surface area contributed by atoms with Crippen molar-refractivity contribution in [1.82, 2.24) is 5.32 Å². The highest BCUT2D eigenvalue weighted by Gasteiger charge is 2.01. The third kappa shape index (κ3) is 6.34. The number of nitrogens with one attached hydrogen (secondary N) is 1. The quantitative estimate of drug-likeness (QED) is 0.329. The molecule has 0 fully saturated rings. The van der Waals surface area contributed by atoms with Crippen LogP contribution in [0.3, 0.4) is 0 Å². The molecule has 0 saturated carbocycles. The van der Waals surface area contributed by atoms with E-state index in [1.165, 1.54) is 11.1 Å². The van der Waals surface area contributed by atoms with Crippen LogP contribution in [0.4, 0.5) is 0 Å². The minimum atomic E-state index is -0.194. The number of methoxy groups -OCH3 is 1. The SMILES string of the molecule is COc1ccccc1/C=N\OCC(=O)NCCSc1ccccc1. The fourth-order valence-corrected chi connectivity index (χ4v) is 2.68. The number of ether oxygens (including phenoxy) is 1. The summed E-state index contributed by atoms with van der Waals surface area (Å²) in [6, 6.07) is 17.5. The van der Waals surface area contributed by atoms with Gasteiger partial charge in [-0.2, -0.15) is 0 Å². The summed E-state index contributed by atoms with van der Waals surface area (Å²) in [6.45, 7) is 0.472. The van der Waals surface area contributed by atoms with E-state index >= 15 is 0 Å². The normalized spacial score (nSPS) is 10.5. The van der Waals surface area contributed by atoms with Crippen LogP contribution in [-0.4, -0.2) is 38.1 Å². The summed E-state index contributed by atoms with van der Waals surface area (Å²) in [4.78, 5) is 17.8. The summed E-state index contributed by atoms with van der Waals surface area (Å²) < 4.78 is 5.20. The second kappa shape index (κ2) is 10.3. The maximum atomic E-state index is 11.6. The van der Waals surface area contributed by atoms with Crippen LogP contribution in [0.1, 0.15) is 5.56 Å². The molecule has 0 atom stereocenters. The number of amides is 1. The first-order chi connectivity index (χ1) is 11.8. The lowest BCUT2D eigenvalue weighted by Gasteiger charge is -2.05. The molecule has 126 valence electrons. The lowest BCUT2D eigenvalue weighted by molar-refractivity contribution is -0.125. The number of nitrogens with zero attached hydrogens (tertiary/aromatic N) is 1. The largest absolute Gasteiger partial charge is 0.496 e. The van der Waals surface area contributed by atoms with Gasteiger partial charge in [0.25, 0.3) is 5.91 Å². The summed E-state index contributed by atoms with van der Waals surface area (Å²) in [5.41, 5.74) is 0.791. The van der Waals surface area contributed by atoms with Gasteiger partial charge in [0.05, 0.1) is 13.3 Å². The number of benzene rings is 2. The molecule has 0 radical (unpaired) electrons. The lowest BCUT2D eigenvalue weighted by Crippen LogP contribution is -2.28. The highest BCUT2D eigenvalue weighted by Crippen LogP contribution is 2.16. The first kappa shape index (κ1) is 17.9. The molecule has 0 spiro atoms. The number of carbonyl (C=O) groups excluding carboxylic acids is 1. The van der Waals surface area contributed by atoms with Crippen LogP contribution in [0.5, 0.6) is 5.75 Å². The highest BCUT2D eigenvalue weighted by atomic mass is 32.2. The van der Waals surface area contributed by atoms with Crippen LogP contribution in [-0.2, 0) is 9.63 Å². The van der Waals surface area contributed by atoms with E-state index in [4.69, 9.17) is 9.57 Å². The number of hydrogen-bond acceptors (Lipinski definition) is 5. The Hall–Kier alpha value is -2.47. The summed E-state index contributed by atoms with van der Waals surface area (Å²) in [5.74, 6) is 1.31. The fourth-order valence-electron chi connectivity index (χ4n) is 1.89. The first-order valence-electron chi connectivity index (χ1n) is 7.52. The third-order valence-electron chi connectivity index (χ3n) is 3.04. The van der Waals surface area contributed by atoms with Gasteiger partial charge in [0.15, 0.2) is 6.61 Å². The van der Waals surface area contributed by atoms with Crippen molar-refractivity contribution < 1.29 is 14.4 Å². The van der Waals surface area contributed by atoms with Gasteiger partial charge < -0.3 is 14.9 Å². The van der Waals surface area contributed by atoms with Gasteiger partial charge in [0, 0.05) is 22.8 Å². The number of hydrogen-bond donors (Lipinski definition) is 1. The van der Waals surface area contributed by atoms with Gasteiger partial charge in [0.2, 0.25) is 0 Å². The Kier molecular flexibility index (Phi) is 7.70. The van der Waals surface area contributed by atoms with E-state index in [1.807, 2.05) is 54.6 Å². The van der Waals surface area contributed by atoms with Crippen LogP contribution in [0.25, 0.3) is 0 Å². The highest BCUT2D eigenvalue weighted by molar-refractivity contribution is 7.99. The third-order valence-corrected chi connectivity index (χ3v) is 4.05. The minimum Gasteiger partial charge on any atom is -0.496 e. The number of rotatable bonds is 9. The summed E-state index contributed by atoms with van der Waals surface area (Å²) in [7, 11) is 1.59. The van der Waals surface area contributed by atoms with Crippen molar-refractivity contribution in [3.8, 4) is 5.75 Å². The van der Waals surface area contributed by atoms with Crippen LogP contribution < -0.4 is 10.1 Å². The molecule has 0 saturated heterocycles. The number of para-hydroxylation sites is 1. The summed E-state index contributed by atoms with van der Waals surface area (Å²) in [6.07, 6.45) is 1.53. The van der Waals surface area contributed by atoms with Crippen LogP contribution >= 0.6 is 11.8 Å². The smallest absolute Gasteiger partial charge is 0.260 e. The van der Waals surface area contributed by atoms with E-state index in [2.05, 4.69) is 10.5 Å². The van der Waals surface area contributed by atoms with Crippen molar-refractivity contribution in [2.45, 2.75) is 4.90 Å². The predicted molar refractivity (Wildman–Crippen MR) is 96.7 cm³/mol. The van der Waals surface area contributed by atoms with Gasteiger partial charge in [-0.3, -0.25) is 4.79 Å². The first-order valence-corrected chi connectivity index (χ1v) is 8.51. The number of thioether (sulfide) groups is 1. The van der Waals surface area contributed by atoms with Gasteiger partial charge in [0.1, 0.15) is 5.75 Å². The Bertz CT molecular complexity index is 662. The maximum absolute atomic E-state index is 11.6. The monoisotopic (exact) mass is 344 g/mol. The lowest BCUT2D eigenvalue weighted by atomic mass is 10.2. The molecule has 6 heteroatoms. The van der Waals surface area contributed by atoms with Crippen molar-refractivity contribution in [1.29, 1.82) is 0 Å². The molecule has 0 aliphatic rings. The molecular weight excluding hydrogens is 324 g/mol. The zero-order valence-electron chi connectivity index (χ0n) is 13.5. The Morgan fingerprint density at radius 2 is 1.92 bits per heavy atom. The molecule has 24 heavy (non-hydrogen) atoms. The molecule has 5 nitrogen and oxygen atoms in total. The van der Waals surface area contributed by atoms with E-state index in [1.54, 1.807) is 18.9 Å². The van der Waals surface area contributed by atoms with Crippen molar-refractivity contribution in [3.05, 3.63) is 60.2 Å². The van der Waals surface area contributed by atoms with Crippen molar-refractivity contribution >= 4 is 23.9 Å². The van der Waals surface area contributed by atoms with Crippen LogP contribution in [0.2, 0.25) is 0 Å². The number of oxime groups is 1. The standard InChI is InChI=1S/C18H20N2O3S/c1-22-17-10-6-5-7-15(17)13-20-23-14-18(21)19-11-12-24-16-8-3-2-4-9-16/h2-10,13H,11-12,14H2,1H3,(H,19,21)/b20-13-. The van der Waals surface area contributed by atoms with Gasteiger partial charge in [-0.05, 0) is 24.3 Å². The van der Waals surface area contributed by atoms with Crippen molar-refractivity contribution in [2.75, 3.05) is 26.0 Å². The van der Waals surface area contributed by atoms with E-state index in [9.17, 15) is 4.79 Å². The fraction of sp³-hybridized carbons (Fsp3) is 0.222. The second-order valence-electron chi connectivity index (χ2n) is 4.76. The zero-order chi connectivity index (χ0) is 17.0. The average molecular weight is 344 g/mol. The van der Waals surface area contributed by atoms with E-state index < -0.39 is 0 Å². The molecule has 0 unspecified atom stereocenters. The predicted octanol–water partition coefficient (Wildman–Crippen LogP) is 2.95. The Balaban J connectivity index is 1.62. The summed E-state index contributed by atoms with van der Waals surface area (Å²) >= 11 is 1.69.